The summed E-state index contributed by atoms with van der Waals surface area (Å²) in [5.74, 6) is 0. The van der Waals surface area contributed by atoms with Crippen LogP contribution in [0.5, 0.6) is 0 Å². The molecule has 0 bridgehead atoms. The minimum atomic E-state index is -0.426. The van der Waals surface area contributed by atoms with Crippen LogP contribution in [-0.2, 0) is 17.7 Å². The predicted molar refractivity (Wildman–Crippen MR) is 76.9 cm³/mol. The number of fused-ring (bicyclic) bond motifs is 1. The zero-order valence-electron chi connectivity index (χ0n) is 11.8. The molecule has 2 rings (SSSR count). The lowest BCUT2D eigenvalue weighted by molar-refractivity contribution is -0.0101. The van der Waals surface area contributed by atoms with Crippen molar-refractivity contribution in [3.8, 4) is 0 Å². The SMILES string of the molecule is CC(C)OCC(O)CN1CCc2c(N)cccc2C1. The second kappa shape index (κ2) is 6.37. The second-order valence-electron chi connectivity index (χ2n) is 5.51. The quantitative estimate of drug-likeness (QED) is 0.790. The zero-order valence-corrected chi connectivity index (χ0v) is 11.8. The third-order valence-corrected chi connectivity index (χ3v) is 3.47. The van der Waals surface area contributed by atoms with Gasteiger partial charge in [0, 0.05) is 25.3 Å². The number of anilines is 1. The van der Waals surface area contributed by atoms with Gasteiger partial charge in [0.25, 0.3) is 0 Å². The molecule has 1 heterocycles. The van der Waals surface area contributed by atoms with Gasteiger partial charge in [-0.1, -0.05) is 12.1 Å². The van der Waals surface area contributed by atoms with Crippen LogP contribution < -0.4 is 5.73 Å². The lowest BCUT2D eigenvalue weighted by Crippen LogP contribution is -2.38. The molecule has 0 saturated carbocycles. The Bertz CT molecular complexity index is 421. The van der Waals surface area contributed by atoms with Crippen molar-refractivity contribution in [2.24, 2.45) is 0 Å². The number of hydrogen-bond donors (Lipinski definition) is 2. The number of ether oxygens (including phenoxy) is 1. The second-order valence-corrected chi connectivity index (χ2v) is 5.51. The normalized spacial score (nSPS) is 17.5. The topological polar surface area (TPSA) is 58.7 Å². The fraction of sp³-hybridized carbons (Fsp3) is 0.600. The molecule has 19 heavy (non-hydrogen) atoms. The highest BCUT2D eigenvalue weighted by molar-refractivity contribution is 5.51. The van der Waals surface area contributed by atoms with Crippen molar-refractivity contribution >= 4 is 5.69 Å². The summed E-state index contributed by atoms with van der Waals surface area (Å²) >= 11 is 0. The van der Waals surface area contributed by atoms with Gasteiger partial charge in [0.05, 0.1) is 18.8 Å². The smallest absolute Gasteiger partial charge is 0.0900 e. The third-order valence-electron chi connectivity index (χ3n) is 3.47. The van der Waals surface area contributed by atoms with Crippen LogP contribution in [0.15, 0.2) is 18.2 Å². The first-order valence-electron chi connectivity index (χ1n) is 6.94. The van der Waals surface area contributed by atoms with Gasteiger partial charge < -0.3 is 15.6 Å². The number of nitrogens with zero attached hydrogens (tertiary/aromatic N) is 1. The fourth-order valence-corrected chi connectivity index (χ4v) is 2.51. The van der Waals surface area contributed by atoms with E-state index in [-0.39, 0.29) is 6.10 Å². The van der Waals surface area contributed by atoms with Crippen molar-refractivity contribution < 1.29 is 9.84 Å². The average molecular weight is 264 g/mol. The van der Waals surface area contributed by atoms with Gasteiger partial charge in [-0.25, -0.2) is 0 Å². The highest BCUT2D eigenvalue weighted by Crippen LogP contribution is 2.23. The molecule has 3 N–H and O–H groups in total. The van der Waals surface area contributed by atoms with E-state index in [0.717, 1.165) is 25.2 Å². The van der Waals surface area contributed by atoms with Crippen LogP contribution in [0.4, 0.5) is 5.69 Å². The zero-order chi connectivity index (χ0) is 13.8. The summed E-state index contributed by atoms with van der Waals surface area (Å²) in [4.78, 5) is 2.26. The Morgan fingerprint density at radius 3 is 2.95 bits per heavy atom. The highest BCUT2D eigenvalue weighted by Gasteiger charge is 2.20. The maximum Gasteiger partial charge on any atom is 0.0900 e. The van der Waals surface area contributed by atoms with Gasteiger partial charge in [-0.3, -0.25) is 4.90 Å². The molecule has 1 aliphatic heterocycles. The molecule has 106 valence electrons. The maximum atomic E-state index is 9.96. The number of nitrogens with two attached hydrogens (primary N) is 1. The first-order chi connectivity index (χ1) is 9.06. The Kier molecular flexibility index (Phi) is 4.80. The van der Waals surface area contributed by atoms with E-state index in [1.54, 1.807) is 0 Å². The van der Waals surface area contributed by atoms with Gasteiger partial charge >= 0.3 is 0 Å². The van der Waals surface area contributed by atoms with E-state index in [0.29, 0.717) is 13.2 Å². The van der Waals surface area contributed by atoms with E-state index >= 15 is 0 Å². The van der Waals surface area contributed by atoms with Gasteiger partial charge in [-0.2, -0.15) is 0 Å². The van der Waals surface area contributed by atoms with Crippen LogP contribution in [-0.4, -0.2) is 41.9 Å². The largest absolute Gasteiger partial charge is 0.398 e. The fourth-order valence-electron chi connectivity index (χ4n) is 2.51. The van der Waals surface area contributed by atoms with Gasteiger partial charge in [0.2, 0.25) is 0 Å². The van der Waals surface area contributed by atoms with E-state index in [2.05, 4.69) is 11.0 Å². The molecule has 0 aromatic heterocycles. The standard InChI is InChI=1S/C15H24N2O2/c1-11(2)19-10-13(18)9-17-7-6-14-12(8-17)4-3-5-15(14)16/h3-5,11,13,18H,6-10,16H2,1-2H3. The number of hydrogen-bond acceptors (Lipinski definition) is 4. The van der Waals surface area contributed by atoms with Crippen LogP contribution in [0.25, 0.3) is 0 Å². The van der Waals surface area contributed by atoms with Crippen molar-refractivity contribution in [3.05, 3.63) is 29.3 Å². The van der Waals surface area contributed by atoms with Crippen molar-refractivity contribution in [3.63, 3.8) is 0 Å². The minimum Gasteiger partial charge on any atom is -0.398 e. The third kappa shape index (κ3) is 3.93. The summed E-state index contributed by atoms with van der Waals surface area (Å²) in [6.07, 6.45) is 0.696. The molecule has 1 atom stereocenters. The van der Waals surface area contributed by atoms with Gasteiger partial charge in [-0.15, -0.1) is 0 Å². The molecule has 1 aromatic rings. The van der Waals surface area contributed by atoms with Crippen molar-refractivity contribution in [1.29, 1.82) is 0 Å². The van der Waals surface area contributed by atoms with Crippen LogP contribution in [0, 0.1) is 0 Å². The van der Waals surface area contributed by atoms with E-state index in [1.165, 1.54) is 11.1 Å². The van der Waals surface area contributed by atoms with E-state index in [1.807, 2.05) is 26.0 Å². The number of nitrogen functional groups attached to an aromatic ring is 1. The van der Waals surface area contributed by atoms with Crippen molar-refractivity contribution in [1.82, 2.24) is 4.90 Å². The molecular weight excluding hydrogens is 240 g/mol. The molecule has 1 aromatic carbocycles. The molecule has 1 unspecified atom stereocenters. The summed E-state index contributed by atoms with van der Waals surface area (Å²) in [5.41, 5.74) is 9.42. The molecule has 4 heteroatoms. The minimum absolute atomic E-state index is 0.163. The molecule has 1 aliphatic rings. The van der Waals surface area contributed by atoms with Crippen LogP contribution >= 0.6 is 0 Å². The summed E-state index contributed by atoms with van der Waals surface area (Å²) in [7, 11) is 0. The Labute approximate surface area is 115 Å². The average Bonchev–Trinajstić information content (AvgIpc) is 2.36. The molecule has 0 saturated heterocycles. The lowest BCUT2D eigenvalue weighted by atomic mass is 9.98. The van der Waals surface area contributed by atoms with Gasteiger partial charge in [-0.05, 0) is 37.5 Å². The molecular formula is C15H24N2O2. The maximum absolute atomic E-state index is 9.96. The van der Waals surface area contributed by atoms with Crippen molar-refractivity contribution in [2.45, 2.75) is 39.0 Å². The Morgan fingerprint density at radius 1 is 1.42 bits per heavy atom. The van der Waals surface area contributed by atoms with Crippen molar-refractivity contribution in [2.75, 3.05) is 25.4 Å². The van der Waals surface area contributed by atoms with Crippen LogP contribution in [0.2, 0.25) is 0 Å². The number of aliphatic hydroxyl groups excluding tert-OH is 1. The lowest BCUT2D eigenvalue weighted by Gasteiger charge is -2.31. The van der Waals surface area contributed by atoms with Crippen LogP contribution in [0.3, 0.4) is 0 Å². The monoisotopic (exact) mass is 264 g/mol. The summed E-state index contributed by atoms with van der Waals surface area (Å²) in [6, 6.07) is 6.07. The first kappa shape index (κ1) is 14.3. The molecule has 0 radical (unpaired) electrons. The number of aliphatic hydroxyl groups is 1. The number of β-amino-alcohol motifs (C(OH)–C–C–N with tert-alkyl or cyclic N) is 1. The van der Waals surface area contributed by atoms with E-state index < -0.39 is 6.10 Å². The Balaban J connectivity index is 1.88. The first-order valence-corrected chi connectivity index (χ1v) is 6.94. The Hall–Kier alpha value is -1.10. The summed E-state index contributed by atoms with van der Waals surface area (Å²) < 4.78 is 5.44. The number of benzene rings is 1. The highest BCUT2D eigenvalue weighted by atomic mass is 16.5. The van der Waals surface area contributed by atoms with Crippen LogP contribution in [0.1, 0.15) is 25.0 Å². The molecule has 0 aliphatic carbocycles. The summed E-state index contributed by atoms with van der Waals surface area (Å²) in [6.45, 7) is 6.82. The Morgan fingerprint density at radius 2 is 2.21 bits per heavy atom. The number of rotatable bonds is 5. The van der Waals surface area contributed by atoms with Gasteiger partial charge in [0.15, 0.2) is 0 Å². The molecule has 4 nitrogen and oxygen atoms in total. The molecule has 0 spiro atoms. The molecule has 0 fully saturated rings. The van der Waals surface area contributed by atoms with E-state index in [9.17, 15) is 5.11 Å². The van der Waals surface area contributed by atoms with E-state index in [4.69, 9.17) is 10.5 Å². The predicted octanol–water partition coefficient (Wildman–Crippen LogP) is 1.41. The molecule has 0 amide bonds. The summed E-state index contributed by atoms with van der Waals surface area (Å²) in [5, 5.41) is 9.96. The van der Waals surface area contributed by atoms with Gasteiger partial charge in [0.1, 0.15) is 0 Å².